The predicted octanol–water partition coefficient (Wildman–Crippen LogP) is 1.90. The maximum Gasteiger partial charge on any atom is 0.433 e. The van der Waals surface area contributed by atoms with Crippen LogP contribution in [0.15, 0.2) is 16.5 Å². The number of carbonyl (C=O) groups is 2. The monoisotopic (exact) mass is 298 g/mol. The van der Waals surface area contributed by atoms with Gasteiger partial charge in [0.15, 0.2) is 5.76 Å². The first-order valence-corrected chi connectivity index (χ1v) is 6.56. The van der Waals surface area contributed by atoms with Gasteiger partial charge in [0.25, 0.3) is 5.91 Å². The van der Waals surface area contributed by atoms with Crippen LogP contribution in [0.1, 0.15) is 37.7 Å². The van der Waals surface area contributed by atoms with Crippen molar-refractivity contribution < 1.29 is 23.7 Å². The summed E-state index contributed by atoms with van der Waals surface area (Å²) in [6, 6.07) is 1.45. The lowest BCUT2D eigenvalue weighted by atomic mass is 10.0. The average molecular weight is 298 g/mol. The molecule has 8 heteroatoms. The molecule has 0 spiro atoms. The molecule has 0 aromatic carbocycles. The Labute approximate surface area is 121 Å². The molecule has 1 atom stereocenters. The van der Waals surface area contributed by atoms with E-state index >= 15 is 0 Å². The van der Waals surface area contributed by atoms with Crippen molar-refractivity contribution in [3.8, 4) is 0 Å². The Hall–Kier alpha value is -2.38. The summed E-state index contributed by atoms with van der Waals surface area (Å²) in [5, 5.41) is 13.0. The zero-order valence-electron chi connectivity index (χ0n) is 12.1. The van der Waals surface area contributed by atoms with Gasteiger partial charge >= 0.3 is 11.9 Å². The Balaban J connectivity index is 2.78. The molecule has 1 heterocycles. The maximum atomic E-state index is 11.9. The fourth-order valence-electron chi connectivity index (χ4n) is 1.71. The molecular weight excluding hydrogens is 280 g/mol. The quantitative estimate of drug-likeness (QED) is 0.467. The van der Waals surface area contributed by atoms with E-state index in [0.717, 1.165) is 6.07 Å². The number of esters is 1. The van der Waals surface area contributed by atoms with Gasteiger partial charge in [0.05, 0.1) is 12.7 Å². The van der Waals surface area contributed by atoms with Crippen LogP contribution in [0.2, 0.25) is 0 Å². The number of nitro groups is 1. The minimum Gasteiger partial charge on any atom is -0.464 e. The molecule has 0 unspecified atom stereocenters. The van der Waals surface area contributed by atoms with Gasteiger partial charge in [0.2, 0.25) is 0 Å². The van der Waals surface area contributed by atoms with Gasteiger partial charge in [0.1, 0.15) is 11.0 Å². The van der Waals surface area contributed by atoms with Crippen molar-refractivity contribution in [3.63, 3.8) is 0 Å². The summed E-state index contributed by atoms with van der Waals surface area (Å²) in [6.07, 6.45) is 0.396. The number of furan rings is 1. The van der Waals surface area contributed by atoms with Gasteiger partial charge in [-0.1, -0.05) is 13.8 Å². The highest BCUT2D eigenvalue weighted by atomic mass is 16.6. The van der Waals surface area contributed by atoms with Crippen molar-refractivity contribution in [2.75, 3.05) is 6.61 Å². The van der Waals surface area contributed by atoms with Crippen LogP contribution in [0.5, 0.6) is 0 Å². The van der Waals surface area contributed by atoms with E-state index in [2.05, 4.69) is 5.32 Å². The maximum absolute atomic E-state index is 11.9. The standard InChI is InChI=1S/C13H18N2O6/c1-4-20-13(17)9(7-8(2)3)14-12(16)10-5-6-11(21-10)15(18)19/h5-6,8-9H,4,7H2,1-3H3,(H,14,16)/t9-/m0/s1. The number of nitrogens with zero attached hydrogens (tertiary/aromatic N) is 1. The molecule has 0 aliphatic rings. The summed E-state index contributed by atoms with van der Waals surface area (Å²) < 4.78 is 9.68. The van der Waals surface area contributed by atoms with E-state index in [1.54, 1.807) is 6.92 Å². The van der Waals surface area contributed by atoms with Crippen LogP contribution in [0, 0.1) is 16.0 Å². The Morgan fingerprint density at radius 1 is 1.43 bits per heavy atom. The number of rotatable bonds is 7. The van der Waals surface area contributed by atoms with Crippen LogP contribution < -0.4 is 5.32 Å². The summed E-state index contributed by atoms with van der Waals surface area (Å²) in [5.41, 5.74) is 0. The smallest absolute Gasteiger partial charge is 0.433 e. The SMILES string of the molecule is CCOC(=O)[C@H](CC(C)C)NC(=O)c1ccc([N+](=O)[O-])o1. The van der Waals surface area contributed by atoms with E-state index in [0.29, 0.717) is 6.42 Å². The predicted molar refractivity (Wildman–Crippen MR) is 72.7 cm³/mol. The highest BCUT2D eigenvalue weighted by Gasteiger charge is 2.26. The topological polar surface area (TPSA) is 112 Å². The minimum absolute atomic E-state index is 0.158. The molecule has 1 rings (SSSR count). The molecular formula is C13H18N2O6. The summed E-state index contributed by atoms with van der Waals surface area (Å²) >= 11 is 0. The average Bonchev–Trinajstić information content (AvgIpc) is 2.87. The number of carbonyl (C=O) groups excluding carboxylic acids is 2. The van der Waals surface area contributed by atoms with E-state index in [-0.39, 0.29) is 18.3 Å². The number of hydrogen-bond acceptors (Lipinski definition) is 6. The molecule has 1 N–H and O–H groups in total. The first-order valence-electron chi connectivity index (χ1n) is 6.56. The van der Waals surface area contributed by atoms with Crippen molar-refractivity contribution in [1.29, 1.82) is 0 Å². The van der Waals surface area contributed by atoms with Crippen LogP contribution in [0.25, 0.3) is 0 Å². The van der Waals surface area contributed by atoms with Crippen molar-refractivity contribution in [2.24, 2.45) is 5.92 Å². The molecule has 0 fully saturated rings. The van der Waals surface area contributed by atoms with Crippen LogP contribution in [-0.2, 0) is 9.53 Å². The van der Waals surface area contributed by atoms with Gasteiger partial charge in [-0.25, -0.2) is 4.79 Å². The third-order valence-corrected chi connectivity index (χ3v) is 2.58. The molecule has 116 valence electrons. The van der Waals surface area contributed by atoms with Gasteiger partial charge in [-0.3, -0.25) is 14.9 Å². The molecule has 0 aliphatic heterocycles. The van der Waals surface area contributed by atoms with E-state index in [1.165, 1.54) is 6.07 Å². The Morgan fingerprint density at radius 2 is 2.10 bits per heavy atom. The highest BCUT2D eigenvalue weighted by molar-refractivity contribution is 5.94. The molecule has 0 saturated carbocycles. The molecule has 1 aromatic rings. The van der Waals surface area contributed by atoms with Crippen molar-refractivity contribution in [3.05, 3.63) is 28.0 Å². The molecule has 0 bridgehead atoms. The van der Waals surface area contributed by atoms with Crippen molar-refractivity contribution >= 4 is 17.8 Å². The Kier molecular flexibility index (Phi) is 5.89. The zero-order valence-corrected chi connectivity index (χ0v) is 12.1. The van der Waals surface area contributed by atoms with Crippen molar-refractivity contribution in [2.45, 2.75) is 33.2 Å². The summed E-state index contributed by atoms with van der Waals surface area (Å²) in [6.45, 7) is 5.67. The van der Waals surface area contributed by atoms with E-state index in [9.17, 15) is 19.7 Å². The lowest BCUT2D eigenvalue weighted by molar-refractivity contribution is -0.402. The summed E-state index contributed by atoms with van der Waals surface area (Å²) in [4.78, 5) is 33.5. The molecule has 8 nitrogen and oxygen atoms in total. The third kappa shape index (κ3) is 4.90. The highest BCUT2D eigenvalue weighted by Crippen LogP contribution is 2.16. The lowest BCUT2D eigenvalue weighted by Crippen LogP contribution is -2.42. The lowest BCUT2D eigenvalue weighted by Gasteiger charge is -2.18. The van der Waals surface area contributed by atoms with Gasteiger partial charge in [0, 0.05) is 0 Å². The summed E-state index contributed by atoms with van der Waals surface area (Å²) in [5.74, 6) is -1.83. The second kappa shape index (κ2) is 7.41. The molecule has 1 amide bonds. The van der Waals surface area contributed by atoms with E-state index in [1.807, 2.05) is 13.8 Å². The second-order valence-corrected chi connectivity index (χ2v) is 4.80. The molecule has 21 heavy (non-hydrogen) atoms. The van der Waals surface area contributed by atoms with Crippen molar-refractivity contribution in [1.82, 2.24) is 5.32 Å². The number of hydrogen-bond donors (Lipinski definition) is 1. The minimum atomic E-state index is -0.818. The number of nitrogens with one attached hydrogen (secondary N) is 1. The first kappa shape index (κ1) is 16.7. The van der Waals surface area contributed by atoms with Crippen LogP contribution in [-0.4, -0.2) is 29.4 Å². The van der Waals surface area contributed by atoms with Gasteiger partial charge in [-0.2, -0.15) is 0 Å². The number of ether oxygens (including phenoxy) is 1. The van der Waals surface area contributed by atoms with Crippen LogP contribution in [0.3, 0.4) is 0 Å². The Bertz CT molecular complexity index is 522. The molecule has 0 saturated heterocycles. The van der Waals surface area contributed by atoms with E-state index < -0.39 is 28.7 Å². The second-order valence-electron chi connectivity index (χ2n) is 4.80. The molecule has 1 aromatic heterocycles. The third-order valence-electron chi connectivity index (χ3n) is 2.58. The van der Waals surface area contributed by atoms with Gasteiger partial charge in [-0.15, -0.1) is 0 Å². The summed E-state index contributed by atoms with van der Waals surface area (Å²) in [7, 11) is 0. The Morgan fingerprint density at radius 3 is 2.57 bits per heavy atom. The van der Waals surface area contributed by atoms with Gasteiger partial charge < -0.3 is 14.5 Å². The van der Waals surface area contributed by atoms with Gasteiger partial charge in [-0.05, 0) is 25.3 Å². The van der Waals surface area contributed by atoms with Crippen LogP contribution in [0.4, 0.5) is 5.88 Å². The van der Waals surface area contributed by atoms with Crippen LogP contribution >= 0.6 is 0 Å². The van der Waals surface area contributed by atoms with E-state index in [4.69, 9.17) is 9.15 Å². The normalized spacial score (nSPS) is 12.0. The molecule has 0 radical (unpaired) electrons. The first-order chi connectivity index (χ1) is 9.85. The zero-order chi connectivity index (χ0) is 16.0. The fraction of sp³-hybridized carbons (Fsp3) is 0.538. The number of amides is 1. The largest absolute Gasteiger partial charge is 0.464 e. The fourth-order valence-corrected chi connectivity index (χ4v) is 1.71. The molecule has 0 aliphatic carbocycles.